The molecular weight excluding hydrogens is 382 g/mol. The second-order valence-electron chi connectivity index (χ2n) is 7.88. The molecule has 29 heavy (non-hydrogen) atoms. The van der Waals surface area contributed by atoms with Gasteiger partial charge in [-0.2, -0.15) is 5.10 Å². The summed E-state index contributed by atoms with van der Waals surface area (Å²) in [4.78, 5) is 0. The molecule has 2 aromatic rings. The Morgan fingerprint density at radius 3 is 2.62 bits per heavy atom. The summed E-state index contributed by atoms with van der Waals surface area (Å²) in [5, 5.41) is 18.2. The van der Waals surface area contributed by atoms with Crippen LogP contribution in [-0.2, 0) is 6.42 Å². The van der Waals surface area contributed by atoms with Crippen molar-refractivity contribution in [3.05, 3.63) is 53.6 Å². The third kappa shape index (κ3) is 4.53. The molecule has 1 heterocycles. The van der Waals surface area contributed by atoms with Crippen molar-refractivity contribution in [3.63, 3.8) is 0 Å². The molecule has 0 amide bonds. The molecule has 2 aromatic carbocycles. The predicted octanol–water partition coefficient (Wildman–Crippen LogP) is 5.13. The van der Waals surface area contributed by atoms with Gasteiger partial charge in [0.05, 0.1) is 5.71 Å². The highest BCUT2D eigenvalue weighted by atomic mass is 32.1. The van der Waals surface area contributed by atoms with E-state index in [-0.39, 0.29) is 11.4 Å². The zero-order valence-electron chi connectivity index (χ0n) is 16.7. The first-order valence-corrected chi connectivity index (χ1v) is 10.7. The lowest BCUT2D eigenvalue weighted by molar-refractivity contribution is 0.0320. The number of fused-ring (bicyclic) bond motifs is 1. The summed E-state index contributed by atoms with van der Waals surface area (Å²) < 4.78 is 6.40. The lowest BCUT2D eigenvalue weighted by Gasteiger charge is -2.41. The molecule has 1 aliphatic heterocycles. The maximum Gasteiger partial charge on any atom is 0.191 e. The third-order valence-corrected chi connectivity index (χ3v) is 5.96. The van der Waals surface area contributed by atoms with Crippen LogP contribution in [0.15, 0.2) is 47.6 Å². The van der Waals surface area contributed by atoms with E-state index >= 15 is 0 Å². The highest BCUT2D eigenvalue weighted by molar-refractivity contribution is 7.80. The Labute approximate surface area is 177 Å². The van der Waals surface area contributed by atoms with Gasteiger partial charge in [0.25, 0.3) is 0 Å². The first-order chi connectivity index (χ1) is 14.1. The zero-order valence-corrected chi connectivity index (χ0v) is 17.5. The van der Waals surface area contributed by atoms with E-state index < -0.39 is 0 Å². The molecule has 2 aliphatic rings. The number of aromatic hydroxyl groups is 1. The van der Waals surface area contributed by atoms with Crippen molar-refractivity contribution in [1.82, 2.24) is 5.43 Å². The van der Waals surface area contributed by atoms with Crippen molar-refractivity contribution < 1.29 is 9.84 Å². The van der Waals surface area contributed by atoms with Crippen LogP contribution >= 0.6 is 12.2 Å². The topological polar surface area (TPSA) is 65.9 Å². The molecule has 0 unspecified atom stereocenters. The summed E-state index contributed by atoms with van der Waals surface area (Å²) in [6.07, 6.45) is 7.36. The Morgan fingerprint density at radius 1 is 1.14 bits per heavy atom. The molecule has 5 nitrogen and oxygen atoms in total. The van der Waals surface area contributed by atoms with Crippen molar-refractivity contribution >= 4 is 28.7 Å². The van der Waals surface area contributed by atoms with Crippen LogP contribution in [0.2, 0.25) is 0 Å². The molecule has 1 aliphatic carbocycles. The Balaban J connectivity index is 1.52. The number of hydrogen-bond acceptors (Lipinski definition) is 4. The van der Waals surface area contributed by atoms with Crippen molar-refractivity contribution in [2.24, 2.45) is 5.10 Å². The number of phenols is 1. The van der Waals surface area contributed by atoms with Crippen LogP contribution in [0.25, 0.3) is 0 Å². The Morgan fingerprint density at radius 2 is 1.90 bits per heavy atom. The Bertz CT molecular complexity index is 918. The first-order valence-electron chi connectivity index (χ1n) is 10.3. The van der Waals surface area contributed by atoms with E-state index in [2.05, 4.69) is 34.9 Å². The minimum atomic E-state index is -0.201. The lowest BCUT2D eigenvalue weighted by Crippen LogP contribution is -2.44. The molecule has 0 aromatic heterocycles. The molecular formula is C23H27N3O2S. The van der Waals surface area contributed by atoms with Gasteiger partial charge in [-0.05, 0) is 80.2 Å². The van der Waals surface area contributed by atoms with E-state index in [1.165, 1.54) is 24.8 Å². The normalized spacial score (nSPS) is 18.7. The average Bonchev–Trinajstić information content (AvgIpc) is 2.73. The number of nitrogens with one attached hydrogen (secondary N) is 2. The van der Waals surface area contributed by atoms with Gasteiger partial charge in [0.2, 0.25) is 0 Å². The van der Waals surface area contributed by atoms with Crippen LogP contribution in [0.4, 0.5) is 5.69 Å². The number of hydrazone groups is 1. The largest absolute Gasteiger partial charge is 0.508 e. The lowest BCUT2D eigenvalue weighted by atomic mass is 9.78. The van der Waals surface area contributed by atoms with Gasteiger partial charge < -0.3 is 15.2 Å². The van der Waals surface area contributed by atoms with Gasteiger partial charge in [-0.15, -0.1) is 0 Å². The molecule has 6 heteroatoms. The van der Waals surface area contributed by atoms with Gasteiger partial charge in [-0.1, -0.05) is 25.5 Å². The van der Waals surface area contributed by atoms with Gasteiger partial charge in [0, 0.05) is 17.7 Å². The second-order valence-corrected chi connectivity index (χ2v) is 8.29. The third-order valence-electron chi connectivity index (χ3n) is 5.77. The highest BCUT2D eigenvalue weighted by Gasteiger charge is 2.40. The number of thiocarbonyl (C=S) groups is 1. The summed E-state index contributed by atoms with van der Waals surface area (Å²) in [5.41, 5.74) is 6.68. The van der Waals surface area contributed by atoms with E-state index in [0.29, 0.717) is 11.5 Å². The van der Waals surface area contributed by atoms with E-state index in [4.69, 9.17) is 17.0 Å². The Kier molecular flexibility index (Phi) is 5.72. The van der Waals surface area contributed by atoms with Crippen LogP contribution in [0.5, 0.6) is 11.5 Å². The summed E-state index contributed by atoms with van der Waals surface area (Å²) >= 11 is 5.43. The molecule has 1 spiro atoms. The minimum Gasteiger partial charge on any atom is -0.508 e. The van der Waals surface area contributed by atoms with Crippen LogP contribution in [-0.4, -0.2) is 21.5 Å². The van der Waals surface area contributed by atoms with Gasteiger partial charge in [0.1, 0.15) is 17.1 Å². The molecule has 152 valence electrons. The molecule has 1 saturated carbocycles. The maximum absolute atomic E-state index is 9.95. The molecule has 3 N–H and O–H groups in total. The standard InChI is InChI=1S/C23H27N3O2S/c1-2-16-6-8-17(9-7-16)24-22(29)26-25-20-15-23(12-4-3-5-13-23)28-21-11-10-18(27)14-19(20)21/h6-11,14,27H,2-5,12-13,15H2,1H3,(H2,24,26,29). The summed E-state index contributed by atoms with van der Waals surface area (Å²) in [7, 11) is 0. The quantitative estimate of drug-likeness (QED) is 0.484. The number of benzene rings is 2. The monoisotopic (exact) mass is 409 g/mol. The molecule has 1 fully saturated rings. The van der Waals surface area contributed by atoms with Crippen molar-refractivity contribution in [3.8, 4) is 11.5 Å². The van der Waals surface area contributed by atoms with Crippen LogP contribution in [0.3, 0.4) is 0 Å². The van der Waals surface area contributed by atoms with Crippen LogP contribution < -0.4 is 15.5 Å². The van der Waals surface area contributed by atoms with Crippen molar-refractivity contribution in [2.45, 2.75) is 57.5 Å². The van der Waals surface area contributed by atoms with Crippen molar-refractivity contribution in [1.29, 1.82) is 0 Å². The van der Waals surface area contributed by atoms with E-state index in [9.17, 15) is 5.11 Å². The van der Waals surface area contributed by atoms with E-state index in [1.807, 2.05) is 18.2 Å². The average molecular weight is 410 g/mol. The number of anilines is 1. The molecule has 0 saturated heterocycles. The number of phenolic OH excluding ortho intramolecular Hbond substituents is 1. The second kappa shape index (κ2) is 8.41. The molecule has 0 radical (unpaired) electrons. The van der Waals surface area contributed by atoms with Crippen LogP contribution in [0, 0.1) is 0 Å². The number of aryl methyl sites for hydroxylation is 1. The van der Waals surface area contributed by atoms with Crippen molar-refractivity contribution in [2.75, 3.05) is 5.32 Å². The number of nitrogens with zero attached hydrogens (tertiary/aromatic N) is 1. The number of hydrogen-bond donors (Lipinski definition) is 3. The molecule has 0 atom stereocenters. The van der Waals surface area contributed by atoms with Crippen LogP contribution in [0.1, 0.15) is 56.6 Å². The van der Waals surface area contributed by atoms with Gasteiger partial charge in [0.15, 0.2) is 5.11 Å². The molecule has 0 bridgehead atoms. The zero-order chi connectivity index (χ0) is 20.3. The summed E-state index contributed by atoms with van der Waals surface area (Å²) in [6.45, 7) is 2.13. The number of ether oxygens (including phenoxy) is 1. The van der Waals surface area contributed by atoms with Gasteiger partial charge in [-0.3, -0.25) is 5.43 Å². The summed E-state index contributed by atoms with van der Waals surface area (Å²) in [5.74, 6) is 0.988. The van der Waals surface area contributed by atoms with E-state index in [1.54, 1.807) is 12.1 Å². The summed E-state index contributed by atoms with van der Waals surface area (Å²) in [6, 6.07) is 13.4. The molecule has 4 rings (SSSR count). The van der Waals surface area contributed by atoms with Gasteiger partial charge in [-0.25, -0.2) is 0 Å². The highest BCUT2D eigenvalue weighted by Crippen LogP contribution is 2.42. The fraction of sp³-hybridized carbons (Fsp3) is 0.391. The predicted molar refractivity (Wildman–Crippen MR) is 121 cm³/mol. The first kappa shape index (κ1) is 19.7. The minimum absolute atomic E-state index is 0.201. The fourth-order valence-corrected chi connectivity index (χ4v) is 4.34. The smallest absolute Gasteiger partial charge is 0.191 e. The maximum atomic E-state index is 9.95. The SMILES string of the molecule is CCc1ccc(NC(=S)NN=C2CC3(CCCCC3)Oc3ccc(O)cc32)cc1. The van der Waals surface area contributed by atoms with E-state index in [0.717, 1.165) is 42.0 Å². The fourth-order valence-electron chi connectivity index (χ4n) is 4.18. The Hall–Kier alpha value is -2.60. The van der Waals surface area contributed by atoms with Gasteiger partial charge >= 0.3 is 0 Å². The number of rotatable bonds is 3.